The summed E-state index contributed by atoms with van der Waals surface area (Å²) < 4.78 is 13.0. The maximum absolute atomic E-state index is 13.0. The van der Waals surface area contributed by atoms with Gasteiger partial charge in [-0.1, -0.05) is 0 Å². The van der Waals surface area contributed by atoms with Crippen LogP contribution >= 0.6 is 0 Å². The van der Waals surface area contributed by atoms with E-state index in [-0.39, 0.29) is 5.56 Å². The Morgan fingerprint density at radius 3 is 2.82 bits per heavy atom. The van der Waals surface area contributed by atoms with Crippen LogP contribution in [0.25, 0.3) is 0 Å². The second-order valence-corrected chi connectivity index (χ2v) is 3.56. The predicted molar refractivity (Wildman–Crippen MR) is 63.4 cm³/mol. The molecule has 1 aromatic heterocycles. The van der Waals surface area contributed by atoms with Crippen molar-refractivity contribution >= 4 is 11.4 Å². The Hall–Kier alpha value is -2.41. The summed E-state index contributed by atoms with van der Waals surface area (Å²) in [6, 6.07) is 9.66. The normalized spacial score (nSPS) is 9.71. The number of nitriles is 1. The van der Waals surface area contributed by atoms with Crippen LogP contribution < -0.4 is 5.32 Å². The van der Waals surface area contributed by atoms with E-state index < -0.39 is 5.82 Å². The molecule has 0 aliphatic rings. The predicted octanol–water partition coefficient (Wildman–Crippen LogP) is 3.14. The zero-order chi connectivity index (χ0) is 12.3. The summed E-state index contributed by atoms with van der Waals surface area (Å²) in [6.07, 6.45) is 1.69. The first-order valence-corrected chi connectivity index (χ1v) is 5.09. The lowest BCUT2D eigenvalue weighted by Gasteiger charge is -2.09. The highest BCUT2D eigenvalue weighted by atomic mass is 19.1. The van der Waals surface area contributed by atoms with Gasteiger partial charge in [-0.05, 0) is 37.3 Å². The van der Waals surface area contributed by atoms with Gasteiger partial charge in [-0.25, -0.2) is 4.39 Å². The van der Waals surface area contributed by atoms with Gasteiger partial charge in [0.05, 0.1) is 22.6 Å². The number of nitrogens with one attached hydrogen (secondary N) is 1. The number of benzene rings is 1. The third-order valence-electron chi connectivity index (χ3n) is 2.38. The van der Waals surface area contributed by atoms with Crippen molar-refractivity contribution in [3.05, 3.63) is 53.6 Å². The molecule has 1 aromatic carbocycles. The maximum Gasteiger partial charge on any atom is 0.124 e. The van der Waals surface area contributed by atoms with E-state index in [2.05, 4.69) is 10.3 Å². The minimum atomic E-state index is -0.421. The Balaban J connectivity index is 2.37. The first-order chi connectivity index (χ1) is 8.20. The van der Waals surface area contributed by atoms with Gasteiger partial charge in [0.1, 0.15) is 11.9 Å². The van der Waals surface area contributed by atoms with Gasteiger partial charge in [-0.2, -0.15) is 5.26 Å². The monoisotopic (exact) mass is 227 g/mol. The summed E-state index contributed by atoms with van der Waals surface area (Å²) in [5, 5.41) is 12.0. The number of pyridine rings is 1. The van der Waals surface area contributed by atoms with Crippen LogP contribution in [-0.2, 0) is 0 Å². The van der Waals surface area contributed by atoms with E-state index in [1.807, 2.05) is 19.1 Å². The smallest absolute Gasteiger partial charge is 0.124 e. The van der Waals surface area contributed by atoms with E-state index in [4.69, 9.17) is 5.26 Å². The molecule has 0 unspecified atom stereocenters. The van der Waals surface area contributed by atoms with E-state index in [0.717, 1.165) is 11.4 Å². The number of aromatic nitrogens is 1. The van der Waals surface area contributed by atoms with Crippen LogP contribution in [0.15, 0.2) is 36.5 Å². The van der Waals surface area contributed by atoms with Gasteiger partial charge in [-0.3, -0.25) is 4.98 Å². The van der Waals surface area contributed by atoms with Crippen molar-refractivity contribution in [2.75, 3.05) is 5.32 Å². The Morgan fingerprint density at radius 1 is 1.29 bits per heavy atom. The summed E-state index contributed by atoms with van der Waals surface area (Å²) in [5.74, 6) is -0.421. The number of hydrogen-bond acceptors (Lipinski definition) is 3. The number of anilines is 2. The second-order valence-electron chi connectivity index (χ2n) is 3.56. The topological polar surface area (TPSA) is 48.7 Å². The number of nitrogens with zero attached hydrogens (tertiary/aromatic N) is 2. The molecule has 0 radical (unpaired) electrons. The van der Waals surface area contributed by atoms with Gasteiger partial charge < -0.3 is 5.32 Å². The van der Waals surface area contributed by atoms with Crippen molar-refractivity contribution in [1.82, 2.24) is 4.98 Å². The van der Waals surface area contributed by atoms with Gasteiger partial charge in [0, 0.05) is 6.20 Å². The minimum Gasteiger partial charge on any atom is -0.353 e. The molecule has 0 aliphatic carbocycles. The molecule has 84 valence electrons. The van der Waals surface area contributed by atoms with E-state index in [1.165, 1.54) is 12.1 Å². The molecule has 3 nitrogen and oxygen atoms in total. The highest BCUT2D eigenvalue weighted by molar-refractivity contribution is 5.67. The average molecular weight is 227 g/mol. The largest absolute Gasteiger partial charge is 0.353 e. The molecule has 0 amide bonds. The summed E-state index contributed by atoms with van der Waals surface area (Å²) >= 11 is 0. The van der Waals surface area contributed by atoms with Crippen LogP contribution in [0.1, 0.15) is 11.3 Å². The summed E-state index contributed by atoms with van der Waals surface area (Å²) in [4.78, 5) is 4.13. The van der Waals surface area contributed by atoms with E-state index in [9.17, 15) is 4.39 Å². The zero-order valence-electron chi connectivity index (χ0n) is 9.24. The molecular formula is C13H10FN3. The molecule has 2 rings (SSSR count). The summed E-state index contributed by atoms with van der Waals surface area (Å²) in [7, 11) is 0. The molecule has 4 heteroatoms. The van der Waals surface area contributed by atoms with E-state index in [0.29, 0.717) is 5.69 Å². The van der Waals surface area contributed by atoms with Crippen LogP contribution in [0.2, 0.25) is 0 Å². The van der Waals surface area contributed by atoms with Crippen LogP contribution in [0.5, 0.6) is 0 Å². The molecule has 0 atom stereocenters. The molecule has 0 saturated heterocycles. The third-order valence-corrected chi connectivity index (χ3v) is 2.38. The molecule has 1 N–H and O–H groups in total. The van der Waals surface area contributed by atoms with Crippen LogP contribution in [-0.4, -0.2) is 4.98 Å². The SMILES string of the molecule is Cc1ncccc1Nc1ccc(F)cc1C#N. The summed E-state index contributed by atoms with van der Waals surface area (Å²) in [6.45, 7) is 1.86. The molecule has 0 spiro atoms. The fraction of sp³-hybridized carbons (Fsp3) is 0.0769. The number of rotatable bonds is 2. The first-order valence-electron chi connectivity index (χ1n) is 5.09. The molecule has 0 saturated carbocycles. The molecular weight excluding hydrogens is 217 g/mol. The molecule has 0 fully saturated rings. The zero-order valence-corrected chi connectivity index (χ0v) is 9.24. The van der Waals surface area contributed by atoms with Gasteiger partial charge in [0.25, 0.3) is 0 Å². The lowest BCUT2D eigenvalue weighted by atomic mass is 10.2. The minimum absolute atomic E-state index is 0.272. The fourth-order valence-electron chi connectivity index (χ4n) is 1.48. The van der Waals surface area contributed by atoms with E-state index in [1.54, 1.807) is 18.3 Å². The lowest BCUT2D eigenvalue weighted by Crippen LogP contribution is -1.97. The number of hydrogen-bond donors (Lipinski definition) is 1. The Bertz CT molecular complexity index is 587. The number of aryl methyl sites for hydroxylation is 1. The van der Waals surface area contributed by atoms with Crippen molar-refractivity contribution in [2.45, 2.75) is 6.92 Å². The lowest BCUT2D eigenvalue weighted by molar-refractivity contribution is 0.627. The Morgan fingerprint density at radius 2 is 2.12 bits per heavy atom. The van der Waals surface area contributed by atoms with Crippen LogP contribution in [0.3, 0.4) is 0 Å². The highest BCUT2D eigenvalue weighted by Crippen LogP contribution is 2.22. The molecule has 0 bridgehead atoms. The third kappa shape index (κ3) is 2.40. The molecule has 2 aromatic rings. The molecule has 1 heterocycles. The van der Waals surface area contributed by atoms with Crippen LogP contribution in [0, 0.1) is 24.1 Å². The summed E-state index contributed by atoms with van der Waals surface area (Å²) in [5.41, 5.74) is 2.47. The number of halogens is 1. The van der Waals surface area contributed by atoms with Gasteiger partial charge >= 0.3 is 0 Å². The average Bonchev–Trinajstić information content (AvgIpc) is 2.34. The van der Waals surface area contributed by atoms with Gasteiger partial charge in [-0.15, -0.1) is 0 Å². The molecule has 0 aliphatic heterocycles. The Kier molecular flexibility index (Phi) is 3.01. The van der Waals surface area contributed by atoms with Gasteiger partial charge in [0.2, 0.25) is 0 Å². The fourth-order valence-corrected chi connectivity index (χ4v) is 1.48. The standard InChI is InChI=1S/C13H10FN3/c1-9-12(3-2-6-16-9)17-13-5-4-11(14)7-10(13)8-15/h2-7,17H,1H3. The van der Waals surface area contributed by atoms with Crippen molar-refractivity contribution in [3.8, 4) is 6.07 Å². The maximum atomic E-state index is 13.0. The van der Waals surface area contributed by atoms with Crippen molar-refractivity contribution < 1.29 is 4.39 Å². The van der Waals surface area contributed by atoms with E-state index >= 15 is 0 Å². The highest BCUT2D eigenvalue weighted by Gasteiger charge is 2.05. The quantitative estimate of drug-likeness (QED) is 0.857. The van der Waals surface area contributed by atoms with Gasteiger partial charge in [0.15, 0.2) is 0 Å². The second kappa shape index (κ2) is 4.62. The van der Waals surface area contributed by atoms with Crippen molar-refractivity contribution in [3.63, 3.8) is 0 Å². The van der Waals surface area contributed by atoms with Crippen molar-refractivity contribution in [1.29, 1.82) is 5.26 Å². The Labute approximate surface area is 98.5 Å². The van der Waals surface area contributed by atoms with Crippen molar-refractivity contribution in [2.24, 2.45) is 0 Å². The molecule has 17 heavy (non-hydrogen) atoms. The first kappa shape index (κ1) is 11.1. The van der Waals surface area contributed by atoms with Crippen LogP contribution in [0.4, 0.5) is 15.8 Å².